The molecule has 1 aliphatic carbocycles. The highest BCUT2D eigenvalue weighted by atomic mass is 16.5. The third-order valence-corrected chi connectivity index (χ3v) is 4.68. The van der Waals surface area contributed by atoms with Crippen LogP contribution in [0.1, 0.15) is 58.4 Å². The number of rotatable bonds is 3. The van der Waals surface area contributed by atoms with E-state index in [-0.39, 0.29) is 11.1 Å². The van der Waals surface area contributed by atoms with Crippen LogP contribution in [0.25, 0.3) is 0 Å². The third kappa shape index (κ3) is 2.89. The van der Waals surface area contributed by atoms with Crippen LogP contribution in [-0.2, 0) is 5.54 Å². The minimum Gasteiger partial charge on any atom is -0.493 e. The molecule has 21 heavy (non-hydrogen) atoms. The lowest BCUT2D eigenvalue weighted by Gasteiger charge is -2.44. The van der Waals surface area contributed by atoms with Gasteiger partial charge in [0, 0.05) is 17.5 Å². The Morgan fingerprint density at radius 2 is 2.00 bits per heavy atom. The van der Waals surface area contributed by atoms with Gasteiger partial charge < -0.3 is 15.2 Å². The number of ether oxygens (including phenoxy) is 2. The summed E-state index contributed by atoms with van der Waals surface area (Å²) in [7, 11) is 0. The van der Waals surface area contributed by atoms with Gasteiger partial charge in [0.15, 0.2) is 0 Å². The molecule has 3 nitrogen and oxygen atoms in total. The van der Waals surface area contributed by atoms with Crippen LogP contribution in [0, 0.1) is 5.92 Å². The molecule has 1 saturated carbocycles. The summed E-state index contributed by atoms with van der Waals surface area (Å²) < 4.78 is 12.2. The highest BCUT2D eigenvalue weighted by molar-refractivity contribution is 5.46. The van der Waals surface area contributed by atoms with Crippen molar-refractivity contribution in [2.75, 3.05) is 6.61 Å². The molecule has 1 unspecified atom stereocenters. The van der Waals surface area contributed by atoms with Gasteiger partial charge in [0.05, 0.1) is 6.61 Å². The Balaban J connectivity index is 1.88. The smallest absolute Gasteiger partial charge is 0.125 e. The molecule has 1 spiro atoms. The molecule has 1 aliphatic heterocycles. The van der Waals surface area contributed by atoms with Gasteiger partial charge in [-0.3, -0.25) is 0 Å². The second kappa shape index (κ2) is 5.20. The molecule has 0 aromatic heterocycles. The Hall–Kier alpha value is -1.22. The largest absolute Gasteiger partial charge is 0.493 e. The topological polar surface area (TPSA) is 44.5 Å². The third-order valence-electron chi connectivity index (χ3n) is 4.68. The van der Waals surface area contributed by atoms with E-state index in [1.54, 1.807) is 0 Å². The van der Waals surface area contributed by atoms with Crippen LogP contribution in [0.4, 0.5) is 0 Å². The summed E-state index contributed by atoms with van der Waals surface area (Å²) in [6.45, 7) is 7.16. The SMILES string of the molecule is CC(C)COc1ccc2c(c1)C(C)(N)CC1(CCCC1)O2. The van der Waals surface area contributed by atoms with E-state index in [1.165, 1.54) is 12.8 Å². The number of nitrogens with two attached hydrogens (primary N) is 1. The van der Waals surface area contributed by atoms with Crippen molar-refractivity contribution in [1.82, 2.24) is 0 Å². The monoisotopic (exact) mass is 289 g/mol. The standard InChI is InChI=1S/C18H27NO2/c1-13(2)11-20-14-6-7-16-15(10-14)17(3,19)12-18(21-16)8-4-5-9-18/h6-7,10,13H,4-5,8-9,11-12,19H2,1-3H3. The predicted octanol–water partition coefficient (Wildman–Crippen LogP) is 3.99. The van der Waals surface area contributed by atoms with Crippen LogP contribution in [0.3, 0.4) is 0 Å². The van der Waals surface area contributed by atoms with E-state index in [0.29, 0.717) is 5.92 Å². The molecule has 0 saturated heterocycles. The van der Waals surface area contributed by atoms with Gasteiger partial charge in [-0.25, -0.2) is 0 Å². The molecule has 3 heteroatoms. The highest BCUT2D eigenvalue weighted by Gasteiger charge is 2.46. The summed E-state index contributed by atoms with van der Waals surface area (Å²) in [6.07, 6.45) is 5.66. The van der Waals surface area contributed by atoms with E-state index in [9.17, 15) is 0 Å². The van der Waals surface area contributed by atoms with Gasteiger partial charge in [0.25, 0.3) is 0 Å². The quantitative estimate of drug-likeness (QED) is 0.915. The van der Waals surface area contributed by atoms with Gasteiger partial charge >= 0.3 is 0 Å². The first-order chi connectivity index (χ1) is 9.90. The van der Waals surface area contributed by atoms with Crippen molar-refractivity contribution in [2.24, 2.45) is 11.7 Å². The molecular formula is C18H27NO2. The summed E-state index contributed by atoms with van der Waals surface area (Å²) in [6, 6.07) is 6.11. The first kappa shape index (κ1) is 14.7. The molecule has 0 bridgehead atoms. The molecule has 1 heterocycles. The maximum Gasteiger partial charge on any atom is 0.125 e. The molecule has 1 atom stereocenters. The lowest BCUT2D eigenvalue weighted by atomic mass is 9.77. The summed E-state index contributed by atoms with van der Waals surface area (Å²) in [4.78, 5) is 0. The first-order valence-electron chi connectivity index (χ1n) is 8.15. The zero-order valence-corrected chi connectivity index (χ0v) is 13.4. The van der Waals surface area contributed by atoms with Crippen molar-refractivity contribution in [1.29, 1.82) is 0 Å². The van der Waals surface area contributed by atoms with Crippen molar-refractivity contribution < 1.29 is 9.47 Å². The Kier molecular flexibility index (Phi) is 3.64. The summed E-state index contributed by atoms with van der Waals surface area (Å²) in [5.74, 6) is 2.36. The molecule has 3 rings (SSSR count). The molecule has 1 aromatic rings. The van der Waals surface area contributed by atoms with E-state index < -0.39 is 0 Å². The lowest BCUT2D eigenvalue weighted by Crippen LogP contribution is -2.49. The fourth-order valence-corrected chi connectivity index (χ4v) is 3.73. The Bertz CT molecular complexity index is 516. The zero-order chi connectivity index (χ0) is 15.1. The molecule has 1 aromatic carbocycles. The van der Waals surface area contributed by atoms with Crippen molar-refractivity contribution >= 4 is 0 Å². The van der Waals surface area contributed by atoms with Crippen LogP contribution < -0.4 is 15.2 Å². The van der Waals surface area contributed by atoms with Gasteiger partial charge in [-0.15, -0.1) is 0 Å². The summed E-state index contributed by atoms with van der Waals surface area (Å²) in [5, 5.41) is 0. The highest BCUT2D eigenvalue weighted by Crippen LogP contribution is 2.49. The fraction of sp³-hybridized carbons (Fsp3) is 0.667. The van der Waals surface area contributed by atoms with E-state index in [4.69, 9.17) is 15.2 Å². The maximum atomic E-state index is 6.63. The maximum absolute atomic E-state index is 6.63. The van der Waals surface area contributed by atoms with Gasteiger partial charge in [0.1, 0.15) is 17.1 Å². The number of hydrogen-bond acceptors (Lipinski definition) is 3. The average molecular weight is 289 g/mol. The van der Waals surface area contributed by atoms with Crippen molar-refractivity contribution in [2.45, 2.75) is 64.0 Å². The number of hydrogen-bond donors (Lipinski definition) is 1. The summed E-state index contributed by atoms with van der Waals surface area (Å²) in [5.41, 5.74) is 7.35. The molecule has 2 N–H and O–H groups in total. The van der Waals surface area contributed by atoms with Gasteiger partial charge in [0.2, 0.25) is 0 Å². The van der Waals surface area contributed by atoms with Gasteiger partial charge in [-0.1, -0.05) is 13.8 Å². The Morgan fingerprint density at radius 1 is 1.29 bits per heavy atom. The Morgan fingerprint density at radius 3 is 2.67 bits per heavy atom. The van der Waals surface area contributed by atoms with Crippen LogP contribution in [0.5, 0.6) is 11.5 Å². The minimum absolute atomic E-state index is 0.0309. The van der Waals surface area contributed by atoms with Crippen molar-refractivity contribution in [3.8, 4) is 11.5 Å². The van der Waals surface area contributed by atoms with E-state index in [2.05, 4.69) is 26.8 Å². The van der Waals surface area contributed by atoms with Crippen LogP contribution in [-0.4, -0.2) is 12.2 Å². The summed E-state index contributed by atoms with van der Waals surface area (Å²) >= 11 is 0. The predicted molar refractivity (Wildman–Crippen MR) is 84.8 cm³/mol. The first-order valence-corrected chi connectivity index (χ1v) is 8.15. The molecular weight excluding hydrogens is 262 g/mol. The normalized spacial score (nSPS) is 26.7. The minimum atomic E-state index is -0.338. The molecule has 116 valence electrons. The molecule has 2 aliphatic rings. The number of benzene rings is 1. The van der Waals surface area contributed by atoms with E-state index >= 15 is 0 Å². The second-order valence-corrected chi connectivity index (χ2v) is 7.45. The van der Waals surface area contributed by atoms with Crippen LogP contribution in [0.15, 0.2) is 18.2 Å². The van der Waals surface area contributed by atoms with Crippen molar-refractivity contribution in [3.63, 3.8) is 0 Å². The lowest BCUT2D eigenvalue weighted by molar-refractivity contribution is 0.0222. The zero-order valence-electron chi connectivity index (χ0n) is 13.4. The molecule has 0 amide bonds. The van der Waals surface area contributed by atoms with Gasteiger partial charge in [-0.05, 0) is 56.7 Å². The van der Waals surface area contributed by atoms with E-state index in [0.717, 1.165) is 42.9 Å². The second-order valence-electron chi connectivity index (χ2n) is 7.45. The average Bonchev–Trinajstić information content (AvgIpc) is 2.83. The molecule has 0 radical (unpaired) electrons. The number of fused-ring (bicyclic) bond motifs is 1. The molecule has 1 fully saturated rings. The van der Waals surface area contributed by atoms with Crippen LogP contribution >= 0.6 is 0 Å². The van der Waals surface area contributed by atoms with Crippen LogP contribution in [0.2, 0.25) is 0 Å². The van der Waals surface area contributed by atoms with Gasteiger partial charge in [-0.2, -0.15) is 0 Å². The van der Waals surface area contributed by atoms with E-state index in [1.807, 2.05) is 12.1 Å². The Labute approximate surface area is 127 Å². The fourth-order valence-electron chi connectivity index (χ4n) is 3.73. The van der Waals surface area contributed by atoms with Crippen molar-refractivity contribution in [3.05, 3.63) is 23.8 Å².